The standard InChI is InChI=1S/C16H31N5O/c1-12(11-20(4)5)10-17-16(22)21(6)9-7-8-15-13(2)18-19-14(15)3/h12H,7-11H2,1-6H3,(H,17,22)(H,18,19). The smallest absolute Gasteiger partial charge is 0.317 e. The number of H-pyrrole nitrogens is 1. The molecule has 0 saturated heterocycles. The molecule has 1 atom stereocenters. The van der Waals surface area contributed by atoms with Crippen LogP contribution in [0.15, 0.2) is 0 Å². The van der Waals surface area contributed by atoms with Crippen molar-refractivity contribution in [3.63, 3.8) is 0 Å². The van der Waals surface area contributed by atoms with Gasteiger partial charge < -0.3 is 15.1 Å². The van der Waals surface area contributed by atoms with E-state index in [1.54, 1.807) is 4.90 Å². The van der Waals surface area contributed by atoms with Crippen LogP contribution in [0.3, 0.4) is 0 Å². The highest BCUT2D eigenvalue weighted by atomic mass is 16.2. The number of nitrogens with zero attached hydrogens (tertiary/aromatic N) is 3. The van der Waals surface area contributed by atoms with Crippen LogP contribution in [0.25, 0.3) is 0 Å². The molecule has 0 fully saturated rings. The van der Waals surface area contributed by atoms with Crippen LogP contribution in [0, 0.1) is 19.8 Å². The Kier molecular flexibility index (Phi) is 7.38. The van der Waals surface area contributed by atoms with E-state index in [9.17, 15) is 4.79 Å². The number of amides is 2. The molecular formula is C16H31N5O. The zero-order valence-electron chi connectivity index (χ0n) is 14.9. The Hall–Kier alpha value is -1.56. The highest BCUT2D eigenvalue weighted by Gasteiger charge is 2.11. The lowest BCUT2D eigenvalue weighted by molar-refractivity contribution is 0.205. The molecule has 0 aromatic carbocycles. The Bertz CT molecular complexity index is 450. The van der Waals surface area contributed by atoms with E-state index in [1.165, 1.54) is 5.56 Å². The van der Waals surface area contributed by atoms with Gasteiger partial charge in [-0.25, -0.2) is 4.79 Å². The van der Waals surface area contributed by atoms with Gasteiger partial charge in [-0.05, 0) is 52.3 Å². The van der Waals surface area contributed by atoms with Gasteiger partial charge in [-0.2, -0.15) is 5.10 Å². The molecular weight excluding hydrogens is 278 g/mol. The van der Waals surface area contributed by atoms with Crippen molar-refractivity contribution in [1.29, 1.82) is 0 Å². The Balaban J connectivity index is 2.27. The minimum Gasteiger partial charge on any atom is -0.338 e. The molecule has 0 radical (unpaired) electrons. The molecule has 1 rings (SSSR count). The number of hydrogen-bond donors (Lipinski definition) is 2. The normalized spacial score (nSPS) is 12.5. The van der Waals surface area contributed by atoms with Gasteiger partial charge in [-0.1, -0.05) is 6.92 Å². The van der Waals surface area contributed by atoms with Crippen LogP contribution in [0.4, 0.5) is 4.79 Å². The Labute approximate surface area is 134 Å². The molecule has 0 aliphatic heterocycles. The molecule has 0 bridgehead atoms. The number of aryl methyl sites for hydroxylation is 2. The van der Waals surface area contributed by atoms with Gasteiger partial charge in [0.1, 0.15) is 0 Å². The number of aromatic amines is 1. The number of carbonyl (C=O) groups excluding carboxylic acids is 1. The van der Waals surface area contributed by atoms with Crippen molar-refractivity contribution in [2.75, 3.05) is 40.8 Å². The number of urea groups is 1. The predicted octanol–water partition coefficient (Wildman–Crippen LogP) is 1.80. The quantitative estimate of drug-likeness (QED) is 0.769. The molecule has 0 saturated carbocycles. The average molecular weight is 309 g/mol. The first-order valence-electron chi connectivity index (χ1n) is 7.95. The van der Waals surface area contributed by atoms with Crippen LogP contribution in [0.2, 0.25) is 0 Å². The first kappa shape index (κ1) is 18.5. The summed E-state index contributed by atoms with van der Waals surface area (Å²) in [4.78, 5) is 15.9. The Morgan fingerprint density at radius 3 is 2.55 bits per heavy atom. The fourth-order valence-corrected chi connectivity index (χ4v) is 2.62. The maximum atomic E-state index is 12.0. The molecule has 22 heavy (non-hydrogen) atoms. The summed E-state index contributed by atoms with van der Waals surface area (Å²) < 4.78 is 0. The average Bonchev–Trinajstić information content (AvgIpc) is 2.75. The summed E-state index contributed by atoms with van der Waals surface area (Å²) in [5.74, 6) is 0.448. The van der Waals surface area contributed by atoms with E-state index in [0.29, 0.717) is 12.5 Å². The van der Waals surface area contributed by atoms with E-state index in [-0.39, 0.29) is 6.03 Å². The van der Waals surface area contributed by atoms with E-state index < -0.39 is 0 Å². The number of aromatic nitrogens is 2. The van der Waals surface area contributed by atoms with E-state index in [4.69, 9.17) is 0 Å². The molecule has 1 aromatic heterocycles. The molecule has 0 aliphatic carbocycles. The van der Waals surface area contributed by atoms with Gasteiger partial charge in [-0.3, -0.25) is 5.10 Å². The third-order valence-corrected chi connectivity index (χ3v) is 3.83. The maximum Gasteiger partial charge on any atom is 0.317 e. The Morgan fingerprint density at radius 1 is 1.32 bits per heavy atom. The van der Waals surface area contributed by atoms with Crippen LogP contribution in [-0.4, -0.2) is 66.8 Å². The van der Waals surface area contributed by atoms with Crippen molar-refractivity contribution in [1.82, 2.24) is 25.3 Å². The second kappa shape index (κ2) is 8.78. The maximum absolute atomic E-state index is 12.0. The van der Waals surface area contributed by atoms with Crippen molar-refractivity contribution < 1.29 is 4.79 Å². The molecule has 2 N–H and O–H groups in total. The minimum atomic E-state index is 0.00578. The van der Waals surface area contributed by atoms with E-state index in [1.807, 2.05) is 35.0 Å². The van der Waals surface area contributed by atoms with Crippen molar-refractivity contribution in [2.24, 2.45) is 5.92 Å². The molecule has 126 valence electrons. The number of carbonyl (C=O) groups is 1. The van der Waals surface area contributed by atoms with Crippen LogP contribution < -0.4 is 5.32 Å². The van der Waals surface area contributed by atoms with E-state index >= 15 is 0 Å². The summed E-state index contributed by atoms with van der Waals surface area (Å²) in [6, 6.07) is 0.00578. The third kappa shape index (κ3) is 6.05. The van der Waals surface area contributed by atoms with Crippen molar-refractivity contribution in [3.8, 4) is 0 Å². The first-order chi connectivity index (χ1) is 10.3. The number of hydrogen-bond acceptors (Lipinski definition) is 3. The summed E-state index contributed by atoms with van der Waals surface area (Å²) in [6.07, 6.45) is 1.89. The Morgan fingerprint density at radius 2 is 2.00 bits per heavy atom. The molecule has 1 heterocycles. The summed E-state index contributed by atoms with van der Waals surface area (Å²) in [5.41, 5.74) is 3.46. The first-order valence-corrected chi connectivity index (χ1v) is 7.95. The van der Waals surface area contributed by atoms with Gasteiger partial charge >= 0.3 is 6.03 Å². The molecule has 6 nitrogen and oxygen atoms in total. The summed E-state index contributed by atoms with van der Waals surface area (Å²) in [5, 5.41) is 10.2. The molecule has 0 aliphatic rings. The van der Waals surface area contributed by atoms with Gasteiger partial charge in [0, 0.05) is 32.4 Å². The second-order valence-electron chi connectivity index (χ2n) is 6.49. The van der Waals surface area contributed by atoms with E-state index in [0.717, 1.165) is 37.3 Å². The lowest BCUT2D eigenvalue weighted by Gasteiger charge is -2.21. The molecule has 6 heteroatoms. The van der Waals surface area contributed by atoms with Gasteiger partial charge in [0.15, 0.2) is 0 Å². The zero-order valence-corrected chi connectivity index (χ0v) is 14.9. The summed E-state index contributed by atoms with van der Waals surface area (Å²) >= 11 is 0. The fraction of sp³-hybridized carbons (Fsp3) is 0.750. The van der Waals surface area contributed by atoms with Crippen molar-refractivity contribution >= 4 is 6.03 Å². The summed E-state index contributed by atoms with van der Waals surface area (Å²) in [6.45, 7) is 8.63. The largest absolute Gasteiger partial charge is 0.338 e. The number of rotatable bonds is 8. The van der Waals surface area contributed by atoms with Gasteiger partial charge in [-0.15, -0.1) is 0 Å². The van der Waals surface area contributed by atoms with Crippen molar-refractivity contribution in [2.45, 2.75) is 33.6 Å². The second-order valence-corrected chi connectivity index (χ2v) is 6.49. The highest BCUT2D eigenvalue weighted by Crippen LogP contribution is 2.11. The summed E-state index contributed by atoms with van der Waals surface area (Å²) in [7, 11) is 5.94. The van der Waals surface area contributed by atoms with Crippen molar-refractivity contribution in [3.05, 3.63) is 17.0 Å². The number of nitrogens with one attached hydrogen (secondary N) is 2. The minimum absolute atomic E-state index is 0.00578. The fourth-order valence-electron chi connectivity index (χ4n) is 2.62. The van der Waals surface area contributed by atoms with Crippen LogP contribution in [-0.2, 0) is 6.42 Å². The van der Waals surface area contributed by atoms with Crippen LogP contribution in [0.5, 0.6) is 0 Å². The van der Waals surface area contributed by atoms with E-state index in [2.05, 4.69) is 27.3 Å². The molecule has 1 unspecified atom stereocenters. The van der Waals surface area contributed by atoms with Gasteiger partial charge in [0.25, 0.3) is 0 Å². The molecule has 2 amide bonds. The highest BCUT2D eigenvalue weighted by molar-refractivity contribution is 5.73. The SMILES string of the molecule is Cc1n[nH]c(C)c1CCCN(C)C(=O)NCC(C)CN(C)C. The van der Waals surface area contributed by atoms with Crippen LogP contribution >= 0.6 is 0 Å². The zero-order chi connectivity index (χ0) is 16.7. The topological polar surface area (TPSA) is 64.3 Å². The third-order valence-electron chi connectivity index (χ3n) is 3.83. The monoisotopic (exact) mass is 309 g/mol. The van der Waals surface area contributed by atoms with Crippen LogP contribution in [0.1, 0.15) is 30.3 Å². The predicted molar refractivity (Wildman–Crippen MR) is 90.1 cm³/mol. The lowest BCUT2D eigenvalue weighted by atomic mass is 10.1. The lowest BCUT2D eigenvalue weighted by Crippen LogP contribution is -2.41. The van der Waals surface area contributed by atoms with Gasteiger partial charge in [0.2, 0.25) is 0 Å². The van der Waals surface area contributed by atoms with Gasteiger partial charge in [0.05, 0.1) is 5.69 Å². The molecule has 1 aromatic rings. The molecule has 0 spiro atoms.